The van der Waals surface area contributed by atoms with Crippen molar-refractivity contribution in [1.82, 2.24) is 20.1 Å². The van der Waals surface area contributed by atoms with Gasteiger partial charge in [-0.2, -0.15) is 0 Å². The molecule has 8 nitrogen and oxygen atoms in total. The number of carbonyl (C=O) groups excluding carboxylic acids is 2. The van der Waals surface area contributed by atoms with Crippen molar-refractivity contribution in [2.24, 2.45) is 7.05 Å². The molecule has 0 fully saturated rings. The summed E-state index contributed by atoms with van der Waals surface area (Å²) in [6, 6.07) is 14.2. The second kappa shape index (κ2) is 8.81. The molecule has 144 valence electrons. The van der Waals surface area contributed by atoms with E-state index in [0.717, 1.165) is 5.56 Å². The van der Waals surface area contributed by atoms with Gasteiger partial charge in [-0.05, 0) is 31.2 Å². The van der Waals surface area contributed by atoms with E-state index in [0.29, 0.717) is 29.4 Å². The summed E-state index contributed by atoms with van der Waals surface area (Å²) in [6.07, 6.45) is 1.61. The van der Waals surface area contributed by atoms with E-state index in [2.05, 4.69) is 20.8 Å². The minimum atomic E-state index is -0.368. The molecule has 0 spiro atoms. The largest absolute Gasteiger partial charge is 0.493 e. The molecule has 2 aromatic carbocycles. The number of aryl methyl sites for hydroxylation is 1. The number of nitrogens with one attached hydrogen (secondary N) is 2. The van der Waals surface area contributed by atoms with Gasteiger partial charge in [0.05, 0.1) is 18.7 Å². The van der Waals surface area contributed by atoms with Gasteiger partial charge in [0.25, 0.3) is 5.91 Å². The van der Waals surface area contributed by atoms with Crippen LogP contribution in [0.25, 0.3) is 11.4 Å². The number of rotatable bonds is 7. The monoisotopic (exact) mass is 379 g/mol. The van der Waals surface area contributed by atoms with E-state index in [1.807, 2.05) is 26.1 Å². The predicted molar refractivity (Wildman–Crippen MR) is 105 cm³/mol. The molecule has 0 aliphatic heterocycles. The molecule has 2 N–H and O–H groups in total. The quantitative estimate of drug-likeness (QED) is 0.656. The van der Waals surface area contributed by atoms with Gasteiger partial charge in [-0.15, -0.1) is 10.2 Å². The second-order valence-corrected chi connectivity index (χ2v) is 6.01. The lowest BCUT2D eigenvalue weighted by molar-refractivity contribution is -0.115. The average molecular weight is 379 g/mol. The number of carbonyl (C=O) groups is 2. The van der Waals surface area contributed by atoms with E-state index in [-0.39, 0.29) is 18.4 Å². The predicted octanol–water partition coefficient (Wildman–Crippen LogP) is 2.25. The van der Waals surface area contributed by atoms with Crippen LogP contribution in [-0.4, -0.2) is 39.7 Å². The minimum Gasteiger partial charge on any atom is -0.493 e. The molecular weight excluding hydrogens is 358 g/mol. The van der Waals surface area contributed by atoms with Crippen molar-refractivity contribution >= 4 is 17.5 Å². The Hall–Kier alpha value is -3.68. The van der Waals surface area contributed by atoms with Crippen LogP contribution >= 0.6 is 0 Å². The molecule has 3 aromatic rings. The van der Waals surface area contributed by atoms with E-state index in [1.165, 1.54) is 0 Å². The molecule has 0 unspecified atom stereocenters. The number of anilines is 1. The van der Waals surface area contributed by atoms with Crippen molar-refractivity contribution in [1.29, 1.82) is 0 Å². The number of para-hydroxylation sites is 1. The first kappa shape index (κ1) is 19.1. The fourth-order valence-corrected chi connectivity index (χ4v) is 2.68. The SMILES string of the molecule is CCOc1ccccc1C(=O)NCC(=O)Nc1cccc(-c2nncn2C)c1. The van der Waals surface area contributed by atoms with Crippen LogP contribution in [0.15, 0.2) is 54.9 Å². The Balaban J connectivity index is 1.61. The summed E-state index contributed by atoms with van der Waals surface area (Å²) in [6.45, 7) is 2.14. The first-order valence-corrected chi connectivity index (χ1v) is 8.82. The molecule has 1 heterocycles. The number of benzene rings is 2. The number of hydrogen-bond donors (Lipinski definition) is 2. The Morgan fingerprint density at radius 3 is 2.71 bits per heavy atom. The van der Waals surface area contributed by atoms with Gasteiger partial charge in [-0.25, -0.2) is 0 Å². The fraction of sp³-hybridized carbons (Fsp3) is 0.200. The molecule has 8 heteroatoms. The third-order valence-electron chi connectivity index (χ3n) is 3.96. The Kier molecular flexibility index (Phi) is 6.01. The lowest BCUT2D eigenvalue weighted by atomic mass is 10.2. The Morgan fingerprint density at radius 1 is 1.14 bits per heavy atom. The lowest BCUT2D eigenvalue weighted by Gasteiger charge is -2.11. The number of nitrogens with zero attached hydrogens (tertiary/aromatic N) is 3. The first-order chi connectivity index (χ1) is 13.6. The maximum Gasteiger partial charge on any atom is 0.255 e. The molecule has 1 aromatic heterocycles. The highest BCUT2D eigenvalue weighted by atomic mass is 16.5. The maximum absolute atomic E-state index is 12.4. The molecule has 0 atom stereocenters. The van der Waals surface area contributed by atoms with Gasteiger partial charge in [0.1, 0.15) is 12.1 Å². The Morgan fingerprint density at radius 2 is 1.96 bits per heavy atom. The van der Waals surface area contributed by atoms with Gasteiger partial charge in [0.15, 0.2) is 5.82 Å². The van der Waals surface area contributed by atoms with E-state index >= 15 is 0 Å². The molecule has 0 aliphatic rings. The summed E-state index contributed by atoms with van der Waals surface area (Å²) < 4.78 is 7.23. The Labute approximate surface area is 162 Å². The first-order valence-electron chi connectivity index (χ1n) is 8.82. The zero-order valence-electron chi connectivity index (χ0n) is 15.7. The van der Waals surface area contributed by atoms with E-state index in [4.69, 9.17) is 4.74 Å². The molecule has 2 amide bonds. The summed E-state index contributed by atoms with van der Waals surface area (Å²) >= 11 is 0. The molecule has 0 saturated carbocycles. The van der Waals surface area contributed by atoms with Crippen LogP contribution in [0.3, 0.4) is 0 Å². The van der Waals surface area contributed by atoms with Crippen LogP contribution in [0.4, 0.5) is 5.69 Å². The van der Waals surface area contributed by atoms with E-state index < -0.39 is 0 Å². The highest BCUT2D eigenvalue weighted by Gasteiger charge is 2.13. The minimum absolute atomic E-state index is 0.159. The van der Waals surface area contributed by atoms with Crippen molar-refractivity contribution < 1.29 is 14.3 Å². The number of amides is 2. The van der Waals surface area contributed by atoms with Crippen LogP contribution in [0, 0.1) is 0 Å². The molecule has 0 saturated heterocycles. The highest BCUT2D eigenvalue weighted by molar-refractivity contribution is 6.01. The second-order valence-electron chi connectivity index (χ2n) is 6.01. The van der Waals surface area contributed by atoms with E-state index in [1.54, 1.807) is 47.3 Å². The molecule has 28 heavy (non-hydrogen) atoms. The van der Waals surface area contributed by atoms with Crippen LogP contribution in [0.2, 0.25) is 0 Å². The van der Waals surface area contributed by atoms with Crippen molar-refractivity contribution in [3.63, 3.8) is 0 Å². The normalized spacial score (nSPS) is 10.4. The topological polar surface area (TPSA) is 98.1 Å². The maximum atomic E-state index is 12.4. The molecule has 0 radical (unpaired) electrons. The van der Waals surface area contributed by atoms with Gasteiger partial charge in [0.2, 0.25) is 5.91 Å². The van der Waals surface area contributed by atoms with Crippen molar-refractivity contribution in [2.45, 2.75) is 6.92 Å². The fourth-order valence-electron chi connectivity index (χ4n) is 2.68. The van der Waals surface area contributed by atoms with Gasteiger partial charge in [-0.3, -0.25) is 9.59 Å². The van der Waals surface area contributed by atoms with Gasteiger partial charge < -0.3 is 19.9 Å². The summed E-state index contributed by atoms with van der Waals surface area (Å²) in [4.78, 5) is 24.6. The van der Waals surface area contributed by atoms with Gasteiger partial charge in [-0.1, -0.05) is 24.3 Å². The zero-order chi connectivity index (χ0) is 19.9. The smallest absolute Gasteiger partial charge is 0.255 e. The van der Waals surface area contributed by atoms with Crippen molar-refractivity contribution in [3.8, 4) is 17.1 Å². The summed E-state index contributed by atoms with van der Waals surface area (Å²) in [5.41, 5.74) is 1.82. The Bertz CT molecular complexity index is 983. The van der Waals surface area contributed by atoms with Crippen molar-refractivity contribution in [2.75, 3.05) is 18.5 Å². The summed E-state index contributed by atoms with van der Waals surface area (Å²) in [5, 5.41) is 13.3. The average Bonchev–Trinajstić information content (AvgIpc) is 3.13. The van der Waals surface area contributed by atoms with Crippen LogP contribution < -0.4 is 15.4 Å². The van der Waals surface area contributed by atoms with Gasteiger partial charge in [0, 0.05) is 18.3 Å². The van der Waals surface area contributed by atoms with Crippen molar-refractivity contribution in [3.05, 3.63) is 60.4 Å². The molecule has 0 bridgehead atoms. The van der Waals surface area contributed by atoms with Crippen LogP contribution in [0.5, 0.6) is 5.75 Å². The summed E-state index contributed by atoms with van der Waals surface area (Å²) in [7, 11) is 1.84. The zero-order valence-corrected chi connectivity index (χ0v) is 15.7. The number of aromatic nitrogens is 3. The number of hydrogen-bond acceptors (Lipinski definition) is 5. The van der Waals surface area contributed by atoms with Crippen LogP contribution in [0.1, 0.15) is 17.3 Å². The van der Waals surface area contributed by atoms with E-state index in [9.17, 15) is 9.59 Å². The molecular formula is C20H21N5O3. The standard InChI is InChI=1S/C20H21N5O3/c1-3-28-17-10-5-4-9-16(17)20(27)21-12-18(26)23-15-8-6-7-14(11-15)19-24-22-13-25(19)2/h4-11,13H,3,12H2,1-2H3,(H,21,27)(H,23,26). The molecule has 0 aliphatic carbocycles. The third kappa shape index (κ3) is 4.53. The van der Waals surface area contributed by atoms with Gasteiger partial charge >= 0.3 is 0 Å². The molecule has 3 rings (SSSR count). The van der Waals surface area contributed by atoms with Crippen LogP contribution in [-0.2, 0) is 11.8 Å². The lowest BCUT2D eigenvalue weighted by Crippen LogP contribution is -2.33. The summed E-state index contributed by atoms with van der Waals surface area (Å²) in [5.74, 6) is 0.473. The third-order valence-corrected chi connectivity index (χ3v) is 3.96. The number of ether oxygens (including phenoxy) is 1. The highest BCUT2D eigenvalue weighted by Crippen LogP contribution is 2.20.